The number of carbonyl (C=O) groups is 1. The van der Waals surface area contributed by atoms with Gasteiger partial charge in [0.1, 0.15) is 0 Å². The Bertz CT molecular complexity index is 358. The van der Waals surface area contributed by atoms with Gasteiger partial charge >= 0.3 is 5.97 Å². The van der Waals surface area contributed by atoms with Crippen LogP contribution in [0.25, 0.3) is 0 Å². The Hall–Kier alpha value is -0.590. The van der Waals surface area contributed by atoms with Gasteiger partial charge in [-0.05, 0) is 42.4 Å². The molecule has 0 aromatic carbocycles. The van der Waals surface area contributed by atoms with E-state index in [9.17, 15) is 4.79 Å². The molecule has 1 aromatic heterocycles. The van der Waals surface area contributed by atoms with Crippen molar-refractivity contribution < 1.29 is 9.53 Å². The summed E-state index contributed by atoms with van der Waals surface area (Å²) >= 11 is 2.11. The van der Waals surface area contributed by atoms with Gasteiger partial charge in [0.2, 0.25) is 0 Å². The van der Waals surface area contributed by atoms with Gasteiger partial charge in [-0.2, -0.15) is 5.10 Å². The van der Waals surface area contributed by atoms with Gasteiger partial charge in [-0.25, -0.2) is 4.79 Å². The average molecular weight is 306 g/mol. The van der Waals surface area contributed by atoms with Crippen LogP contribution in [-0.4, -0.2) is 22.4 Å². The standard InChI is InChI=1S/C9H11IN2O2/c1-2-14-9(13)8-7(10)5-12(11-8)6-3-4-6/h5-6H,2-4H2,1H3. The van der Waals surface area contributed by atoms with Crippen LogP contribution in [0.5, 0.6) is 0 Å². The van der Waals surface area contributed by atoms with Crippen molar-refractivity contribution in [3.8, 4) is 0 Å². The van der Waals surface area contributed by atoms with E-state index < -0.39 is 0 Å². The Labute approximate surface area is 95.8 Å². The van der Waals surface area contributed by atoms with Gasteiger partial charge in [0.25, 0.3) is 0 Å². The Morgan fingerprint density at radius 1 is 1.79 bits per heavy atom. The van der Waals surface area contributed by atoms with E-state index in [4.69, 9.17) is 4.74 Å². The highest BCUT2D eigenvalue weighted by molar-refractivity contribution is 14.1. The van der Waals surface area contributed by atoms with E-state index in [0.29, 0.717) is 18.3 Å². The number of esters is 1. The van der Waals surface area contributed by atoms with Crippen LogP contribution in [0.1, 0.15) is 36.3 Å². The average Bonchev–Trinajstić information content (AvgIpc) is 2.91. The largest absolute Gasteiger partial charge is 0.461 e. The molecule has 1 aliphatic rings. The minimum atomic E-state index is -0.323. The molecule has 0 unspecified atom stereocenters. The fourth-order valence-corrected chi connectivity index (χ4v) is 1.85. The first-order valence-electron chi connectivity index (χ1n) is 4.64. The number of aromatic nitrogens is 2. The van der Waals surface area contributed by atoms with Crippen molar-refractivity contribution in [3.05, 3.63) is 15.5 Å². The SMILES string of the molecule is CCOC(=O)c1nn(C2CC2)cc1I. The Morgan fingerprint density at radius 3 is 3.07 bits per heavy atom. The number of ether oxygens (including phenoxy) is 1. The molecule has 0 amide bonds. The van der Waals surface area contributed by atoms with E-state index in [-0.39, 0.29) is 5.97 Å². The third-order valence-corrected chi connectivity index (χ3v) is 2.87. The lowest BCUT2D eigenvalue weighted by molar-refractivity contribution is 0.0517. The zero-order valence-corrected chi connectivity index (χ0v) is 10.0. The van der Waals surface area contributed by atoms with Crippen molar-refractivity contribution in [2.24, 2.45) is 0 Å². The molecule has 5 heteroatoms. The van der Waals surface area contributed by atoms with Crippen LogP contribution in [0.3, 0.4) is 0 Å². The van der Waals surface area contributed by atoms with E-state index in [2.05, 4.69) is 27.7 Å². The van der Waals surface area contributed by atoms with Gasteiger partial charge in [-0.15, -0.1) is 0 Å². The quantitative estimate of drug-likeness (QED) is 0.634. The van der Waals surface area contributed by atoms with Crippen LogP contribution in [0.2, 0.25) is 0 Å². The molecule has 4 nitrogen and oxygen atoms in total. The van der Waals surface area contributed by atoms with E-state index >= 15 is 0 Å². The molecule has 0 aliphatic heterocycles. The molecule has 76 valence electrons. The molecular weight excluding hydrogens is 295 g/mol. The number of hydrogen-bond acceptors (Lipinski definition) is 3. The number of hydrogen-bond donors (Lipinski definition) is 0. The van der Waals surface area contributed by atoms with Gasteiger partial charge in [-0.3, -0.25) is 4.68 Å². The molecule has 0 spiro atoms. The highest BCUT2D eigenvalue weighted by atomic mass is 127. The summed E-state index contributed by atoms with van der Waals surface area (Å²) in [6.45, 7) is 2.19. The normalized spacial score (nSPS) is 15.6. The summed E-state index contributed by atoms with van der Waals surface area (Å²) in [6, 6.07) is 0.506. The molecule has 1 heterocycles. The molecule has 0 radical (unpaired) electrons. The van der Waals surface area contributed by atoms with Crippen molar-refractivity contribution in [2.45, 2.75) is 25.8 Å². The third kappa shape index (κ3) is 1.92. The van der Waals surface area contributed by atoms with Gasteiger partial charge in [0.05, 0.1) is 16.2 Å². The summed E-state index contributed by atoms with van der Waals surface area (Å²) in [4.78, 5) is 11.4. The molecule has 1 aromatic rings. The summed E-state index contributed by atoms with van der Waals surface area (Å²) in [7, 11) is 0. The molecule has 0 atom stereocenters. The van der Waals surface area contributed by atoms with Gasteiger partial charge in [0, 0.05) is 6.20 Å². The molecule has 1 saturated carbocycles. The number of carbonyl (C=O) groups excluding carboxylic acids is 1. The van der Waals surface area contributed by atoms with Crippen LogP contribution < -0.4 is 0 Å². The third-order valence-electron chi connectivity index (χ3n) is 2.08. The monoisotopic (exact) mass is 306 g/mol. The summed E-state index contributed by atoms with van der Waals surface area (Å²) in [5.74, 6) is -0.323. The van der Waals surface area contributed by atoms with Crippen molar-refractivity contribution in [3.63, 3.8) is 0 Å². The fourth-order valence-electron chi connectivity index (χ4n) is 1.23. The Kier molecular flexibility index (Phi) is 2.76. The van der Waals surface area contributed by atoms with Crippen LogP contribution in [0, 0.1) is 3.57 Å². The van der Waals surface area contributed by atoms with Crippen molar-refractivity contribution >= 4 is 28.6 Å². The van der Waals surface area contributed by atoms with E-state index in [1.165, 1.54) is 12.8 Å². The zero-order chi connectivity index (χ0) is 10.1. The van der Waals surface area contributed by atoms with Crippen LogP contribution in [0.15, 0.2) is 6.20 Å². The van der Waals surface area contributed by atoms with Crippen molar-refractivity contribution in [2.75, 3.05) is 6.61 Å². The van der Waals surface area contributed by atoms with Crippen LogP contribution in [-0.2, 0) is 4.74 Å². The van der Waals surface area contributed by atoms with Crippen molar-refractivity contribution in [1.82, 2.24) is 9.78 Å². The van der Waals surface area contributed by atoms with Crippen LogP contribution >= 0.6 is 22.6 Å². The second-order valence-electron chi connectivity index (χ2n) is 3.26. The van der Waals surface area contributed by atoms with E-state index in [1.807, 2.05) is 10.9 Å². The second kappa shape index (κ2) is 3.88. The van der Waals surface area contributed by atoms with E-state index in [1.54, 1.807) is 6.92 Å². The van der Waals surface area contributed by atoms with Crippen molar-refractivity contribution in [1.29, 1.82) is 0 Å². The van der Waals surface area contributed by atoms with Gasteiger partial charge < -0.3 is 4.74 Å². The summed E-state index contributed by atoms with van der Waals surface area (Å²) < 4.78 is 7.64. The fraction of sp³-hybridized carbons (Fsp3) is 0.556. The first-order chi connectivity index (χ1) is 6.72. The lowest BCUT2D eigenvalue weighted by Crippen LogP contribution is -2.07. The lowest BCUT2D eigenvalue weighted by atomic mass is 10.4. The maximum Gasteiger partial charge on any atom is 0.359 e. The molecular formula is C9H11IN2O2. The summed E-state index contributed by atoms with van der Waals surface area (Å²) in [5.41, 5.74) is 0.444. The van der Waals surface area contributed by atoms with Gasteiger partial charge in [0.15, 0.2) is 5.69 Å². The first kappa shape index (κ1) is 9.95. The Morgan fingerprint density at radius 2 is 2.50 bits per heavy atom. The Balaban J connectivity index is 2.19. The number of rotatable bonds is 3. The number of halogens is 1. The highest BCUT2D eigenvalue weighted by Gasteiger charge is 2.27. The molecule has 0 saturated heterocycles. The second-order valence-corrected chi connectivity index (χ2v) is 4.42. The van der Waals surface area contributed by atoms with Gasteiger partial charge in [-0.1, -0.05) is 0 Å². The summed E-state index contributed by atoms with van der Waals surface area (Å²) in [5, 5.41) is 4.22. The highest BCUT2D eigenvalue weighted by Crippen LogP contribution is 2.34. The topological polar surface area (TPSA) is 44.1 Å². The first-order valence-corrected chi connectivity index (χ1v) is 5.72. The molecule has 1 fully saturated rings. The molecule has 2 rings (SSSR count). The smallest absolute Gasteiger partial charge is 0.359 e. The number of nitrogens with zero attached hydrogens (tertiary/aromatic N) is 2. The molecule has 1 aliphatic carbocycles. The zero-order valence-electron chi connectivity index (χ0n) is 7.86. The minimum absolute atomic E-state index is 0.323. The van der Waals surface area contributed by atoms with E-state index in [0.717, 1.165) is 3.57 Å². The maximum absolute atomic E-state index is 11.4. The molecule has 14 heavy (non-hydrogen) atoms. The van der Waals surface area contributed by atoms with Crippen LogP contribution in [0.4, 0.5) is 0 Å². The molecule has 0 bridgehead atoms. The predicted molar refractivity (Wildman–Crippen MR) is 59.2 cm³/mol. The lowest BCUT2D eigenvalue weighted by Gasteiger charge is -1.97. The predicted octanol–water partition coefficient (Wildman–Crippen LogP) is 2.00. The summed E-state index contributed by atoms with van der Waals surface area (Å²) in [6.07, 6.45) is 4.24. The minimum Gasteiger partial charge on any atom is -0.461 e. The molecule has 0 N–H and O–H groups in total. The maximum atomic E-state index is 11.4.